The fourth-order valence-electron chi connectivity index (χ4n) is 4.42. The summed E-state index contributed by atoms with van der Waals surface area (Å²) in [4.78, 5) is 25.8. The van der Waals surface area contributed by atoms with Crippen molar-refractivity contribution in [2.75, 3.05) is 5.32 Å². The summed E-state index contributed by atoms with van der Waals surface area (Å²) in [6.07, 6.45) is 10.6. The van der Waals surface area contributed by atoms with E-state index in [4.69, 9.17) is 4.98 Å². The zero-order valence-electron chi connectivity index (χ0n) is 16.4. The normalized spacial score (nSPS) is 24.4. The number of anilines is 1. The minimum absolute atomic E-state index is 0.0406. The number of carbonyl (C=O) groups is 1. The van der Waals surface area contributed by atoms with E-state index in [9.17, 15) is 9.90 Å². The smallest absolute Gasteiger partial charge is 0.165 e. The highest BCUT2D eigenvalue weighted by Crippen LogP contribution is 2.27. The van der Waals surface area contributed by atoms with Crippen molar-refractivity contribution in [3.05, 3.63) is 47.2 Å². The SMILES string of the molecule is CC(=O)c1cnc(C[C@@H]2CCc3cccnc3C2)nc1N[C@@H]1CCC[C@H](O)C1. The number of nitrogens with zero attached hydrogens (tertiary/aromatic N) is 3. The maximum atomic E-state index is 12.0. The van der Waals surface area contributed by atoms with Gasteiger partial charge in [-0.2, -0.15) is 0 Å². The van der Waals surface area contributed by atoms with E-state index in [1.54, 1.807) is 13.1 Å². The summed E-state index contributed by atoms with van der Waals surface area (Å²) in [6.45, 7) is 1.54. The number of rotatable bonds is 5. The van der Waals surface area contributed by atoms with Gasteiger partial charge in [0.25, 0.3) is 0 Å². The molecule has 0 aromatic carbocycles. The number of ketones is 1. The second kappa shape index (κ2) is 8.35. The van der Waals surface area contributed by atoms with Gasteiger partial charge in [-0.3, -0.25) is 9.78 Å². The molecular weight excluding hydrogens is 352 g/mol. The van der Waals surface area contributed by atoms with Gasteiger partial charge in [0.1, 0.15) is 11.6 Å². The molecule has 2 aromatic rings. The molecule has 2 heterocycles. The summed E-state index contributed by atoms with van der Waals surface area (Å²) in [6, 6.07) is 4.32. The van der Waals surface area contributed by atoms with Gasteiger partial charge >= 0.3 is 0 Å². The van der Waals surface area contributed by atoms with Crippen LogP contribution < -0.4 is 5.32 Å². The molecule has 0 saturated heterocycles. The van der Waals surface area contributed by atoms with E-state index >= 15 is 0 Å². The van der Waals surface area contributed by atoms with E-state index in [1.165, 1.54) is 11.3 Å². The molecule has 148 valence electrons. The van der Waals surface area contributed by atoms with Gasteiger partial charge in [-0.05, 0) is 69.4 Å². The van der Waals surface area contributed by atoms with Crippen LogP contribution in [0, 0.1) is 5.92 Å². The first-order valence-corrected chi connectivity index (χ1v) is 10.3. The molecule has 3 atom stereocenters. The van der Waals surface area contributed by atoms with Gasteiger partial charge in [0, 0.05) is 30.6 Å². The predicted molar refractivity (Wildman–Crippen MR) is 107 cm³/mol. The van der Waals surface area contributed by atoms with Crippen LogP contribution in [0.4, 0.5) is 5.82 Å². The zero-order chi connectivity index (χ0) is 19.5. The van der Waals surface area contributed by atoms with Crippen molar-refractivity contribution in [1.29, 1.82) is 0 Å². The lowest BCUT2D eigenvalue weighted by molar-refractivity contribution is 0.101. The summed E-state index contributed by atoms with van der Waals surface area (Å²) in [5.74, 6) is 1.82. The van der Waals surface area contributed by atoms with Crippen LogP contribution in [0.2, 0.25) is 0 Å². The molecule has 0 aliphatic heterocycles. The lowest BCUT2D eigenvalue weighted by Gasteiger charge is -2.28. The van der Waals surface area contributed by atoms with Crippen LogP contribution in [0.15, 0.2) is 24.5 Å². The van der Waals surface area contributed by atoms with Gasteiger partial charge in [-0.25, -0.2) is 9.97 Å². The summed E-state index contributed by atoms with van der Waals surface area (Å²) >= 11 is 0. The Morgan fingerprint density at radius 1 is 1.29 bits per heavy atom. The number of aryl methyl sites for hydroxylation is 1. The van der Waals surface area contributed by atoms with Gasteiger partial charge in [-0.15, -0.1) is 0 Å². The molecule has 1 saturated carbocycles. The van der Waals surface area contributed by atoms with E-state index < -0.39 is 0 Å². The lowest BCUT2D eigenvalue weighted by atomic mass is 9.85. The van der Waals surface area contributed by atoms with Crippen LogP contribution in [-0.2, 0) is 19.3 Å². The number of hydrogen-bond donors (Lipinski definition) is 2. The minimum Gasteiger partial charge on any atom is -0.393 e. The van der Waals surface area contributed by atoms with Crippen molar-refractivity contribution in [1.82, 2.24) is 15.0 Å². The Kier molecular flexibility index (Phi) is 5.67. The van der Waals surface area contributed by atoms with Gasteiger partial charge in [-0.1, -0.05) is 6.07 Å². The number of hydrogen-bond acceptors (Lipinski definition) is 6. The lowest BCUT2D eigenvalue weighted by Crippen LogP contribution is -2.31. The Morgan fingerprint density at radius 3 is 3.00 bits per heavy atom. The molecule has 2 N–H and O–H groups in total. The van der Waals surface area contributed by atoms with Crippen LogP contribution in [0.3, 0.4) is 0 Å². The highest BCUT2D eigenvalue weighted by atomic mass is 16.3. The summed E-state index contributed by atoms with van der Waals surface area (Å²) in [5, 5.41) is 13.4. The molecule has 6 nitrogen and oxygen atoms in total. The molecule has 6 heteroatoms. The number of aliphatic hydroxyl groups excluding tert-OH is 1. The Bertz CT molecular complexity index is 854. The van der Waals surface area contributed by atoms with Crippen LogP contribution in [0.25, 0.3) is 0 Å². The van der Waals surface area contributed by atoms with E-state index in [0.29, 0.717) is 23.7 Å². The Hall–Kier alpha value is -2.34. The molecule has 2 aromatic heterocycles. The summed E-state index contributed by atoms with van der Waals surface area (Å²) in [5.41, 5.74) is 3.07. The average Bonchev–Trinajstić information content (AvgIpc) is 2.68. The van der Waals surface area contributed by atoms with Gasteiger partial charge in [0.05, 0.1) is 11.7 Å². The highest BCUT2D eigenvalue weighted by Gasteiger charge is 2.24. The monoisotopic (exact) mass is 380 g/mol. The average molecular weight is 380 g/mol. The van der Waals surface area contributed by atoms with Crippen molar-refractivity contribution in [3.63, 3.8) is 0 Å². The van der Waals surface area contributed by atoms with Crippen molar-refractivity contribution in [2.24, 2.45) is 5.92 Å². The van der Waals surface area contributed by atoms with E-state index in [2.05, 4.69) is 21.4 Å². The first-order valence-electron chi connectivity index (χ1n) is 10.3. The molecular formula is C22H28N4O2. The molecule has 28 heavy (non-hydrogen) atoms. The molecule has 0 amide bonds. The number of Topliss-reactive ketones (excluding diaryl/α,β-unsaturated/α-hetero) is 1. The fraction of sp³-hybridized carbons (Fsp3) is 0.545. The maximum absolute atomic E-state index is 12.0. The standard InChI is InChI=1S/C22H28N4O2/c1-14(27)19-13-24-21(26-22(19)25-17-5-2-6-18(28)12-17)11-15-7-8-16-4-3-9-23-20(16)10-15/h3-4,9,13,15,17-18,28H,2,5-8,10-12H2,1H3,(H,24,25,26)/t15-,17-,18+/m1/s1. The van der Waals surface area contributed by atoms with Gasteiger partial charge < -0.3 is 10.4 Å². The first kappa shape index (κ1) is 19.0. The van der Waals surface area contributed by atoms with Gasteiger partial charge in [0.2, 0.25) is 0 Å². The van der Waals surface area contributed by atoms with Crippen molar-refractivity contribution >= 4 is 11.6 Å². The van der Waals surface area contributed by atoms with E-state index in [-0.39, 0.29) is 17.9 Å². The minimum atomic E-state index is -0.275. The second-order valence-corrected chi connectivity index (χ2v) is 8.19. The van der Waals surface area contributed by atoms with E-state index in [1.807, 2.05) is 12.3 Å². The van der Waals surface area contributed by atoms with Crippen LogP contribution in [0.5, 0.6) is 0 Å². The zero-order valence-corrected chi connectivity index (χ0v) is 16.4. The summed E-state index contributed by atoms with van der Waals surface area (Å²) in [7, 11) is 0. The van der Waals surface area contributed by atoms with Crippen molar-refractivity contribution in [2.45, 2.75) is 70.4 Å². The largest absolute Gasteiger partial charge is 0.393 e. The number of pyridine rings is 1. The maximum Gasteiger partial charge on any atom is 0.165 e. The van der Waals surface area contributed by atoms with Crippen LogP contribution >= 0.6 is 0 Å². The number of carbonyl (C=O) groups excluding carboxylic acids is 1. The first-order chi connectivity index (χ1) is 13.6. The van der Waals surface area contributed by atoms with E-state index in [0.717, 1.165) is 50.8 Å². The molecule has 0 spiro atoms. The second-order valence-electron chi connectivity index (χ2n) is 8.19. The molecule has 0 unspecified atom stereocenters. The Balaban J connectivity index is 1.49. The number of fused-ring (bicyclic) bond motifs is 1. The summed E-state index contributed by atoms with van der Waals surface area (Å²) < 4.78 is 0. The molecule has 2 aliphatic rings. The number of nitrogens with one attached hydrogen (secondary N) is 1. The molecule has 2 aliphatic carbocycles. The van der Waals surface area contributed by atoms with Gasteiger partial charge in [0.15, 0.2) is 5.78 Å². The Morgan fingerprint density at radius 2 is 2.18 bits per heavy atom. The van der Waals surface area contributed by atoms with Crippen LogP contribution in [-0.4, -0.2) is 38.0 Å². The topological polar surface area (TPSA) is 88.0 Å². The highest BCUT2D eigenvalue weighted by molar-refractivity contribution is 5.98. The molecule has 4 rings (SSSR count). The third-order valence-electron chi connectivity index (χ3n) is 5.97. The van der Waals surface area contributed by atoms with Crippen molar-refractivity contribution in [3.8, 4) is 0 Å². The fourth-order valence-corrected chi connectivity index (χ4v) is 4.42. The van der Waals surface area contributed by atoms with Crippen molar-refractivity contribution < 1.29 is 9.90 Å². The molecule has 0 bridgehead atoms. The Labute approximate surface area is 165 Å². The molecule has 1 fully saturated rings. The molecule has 0 radical (unpaired) electrons. The predicted octanol–water partition coefficient (Wildman–Crippen LogP) is 3.14. The quantitative estimate of drug-likeness (QED) is 0.775. The number of aromatic nitrogens is 3. The number of aliphatic hydroxyl groups is 1. The third kappa shape index (κ3) is 4.38. The van der Waals surface area contributed by atoms with Crippen LogP contribution in [0.1, 0.15) is 66.5 Å². The third-order valence-corrected chi connectivity index (χ3v) is 5.97.